The normalized spacial score (nSPS) is 12.0. The summed E-state index contributed by atoms with van der Waals surface area (Å²) in [5.74, 6) is 0. The van der Waals surface area contributed by atoms with Crippen molar-refractivity contribution in [3.8, 4) is 0 Å². The minimum Gasteiger partial charge on any atom is -0.378 e. The van der Waals surface area contributed by atoms with Crippen LogP contribution in [0, 0.1) is 0 Å². The van der Waals surface area contributed by atoms with Gasteiger partial charge < -0.3 is 19.5 Å². The first-order chi connectivity index (χ1) is 7.56. The Morgan fingerprint density at radius 3 is 2.00 bits per heavy atom. The van der Waals surface area contributed by atoms with Gasteiger partial charge in [0.05, 0.1) is 38.6 Å². The second-order valence-corrected chi connectivity index (χ2v) is 4.54. The lowest BCUT2D eigenvalue weighted by atomic mass is 10.2. The zero-order valence-corrected chi connectivity index (χ0v) is 11.2. The minimum absolute atomic E-state index is 0.0777. The van der Waals surface area contributed by atoms with E-state index in [1.165, 1.54) is 0 Å². The molecule has 0 spiro atoms. The van der Waals surface area contributed by atoms with Crippen molar-refractivity contribution in [1.29, 1.82) is 0 Å². The molecule has 0 fully saturated rings. The fraction of sp³-hybridized carbons (Fsp3) is 1.00. The zero-order valence-electron chi connectivity index (χ0n) is 11.2. The van der Waals surface area contributed by atoms with Crippen molar-refractivity contribution in [2.24, 2.45) is 0 Å². The summed E-state index contributed by atoms with van der Waals surface area (Å²) in [5, 5.41) is 3.19. The lowest BCUT2D eigenvalue weighted by Crippen LogP contribution is -2.22. The molecule has 0 amide bonds. The summed E-state index contributed by atoms with van der Waals surface area (Å²) in [4.78, 5) is 0. The molecule has 0 radical (unpaired) electrons. The molecule has 0 rings (SSSR count). The molecule has 16 heavy (non-hydrogen) atoms. The van der Waals surface area contributed by atoms with Crippen LogP contribution >= 0.6 is 0 Å². The molecule has 1 N–H and O–H groups in total. The van der Waals surface area contributed by atoms with Crippen molar-refractivity contribution in [1.82, 2.24) is 5.32 Å². The van der Waals surface area contributed by atoms with Gasteiger partial charge >= 0.3 is 0 Å². The molecule has 0 bridgehead atoms. The number of nitrogens with one attached hydrogen (secondary N) is 1. The van der Waals surface area contributed by atoms with E-state index in [0.29, 0.717) is 26.4 Å². The van der Waals surface area contributed by atoms with Crippen molar-refractivity contribution in [2.75, 3.05) is 46.1 Å². The standard InChI is InChI=1S/C12H27NO3/c1-5-13-6-7-14-8-9-15-10-11-16-12(2,3)4/h13H,5-11H2,1-4H3. The molecule has 0 saturated carbocycles. The Kier molecular flexibility index (Phi) is 9.92. The van der Waals surface area contributed by atoms with Gasteiger partial charge in [-0.3, -0.25) is 0 Å². The van der Waals surface area contributed by atoms with Crippen molar-refractivity contribution >= 4 is 0 Å². The Morgan fingerprint density at radius 2 is 1.44 bits per heavy atom. The average Bonchev–Trinajstić information content (AvgIpc) is 2.19. The molecule has 4 heteroatoms. The van der Waals surface area contributed by atoms with E-state index in [9.17, 15) is 0 Å². The summed E-state index contributed by atoms with van der Waals surface area (Å²) in [6.07, 6.45) is 0. The highest BCUT2D eigenvalue weighted by Crippen LogP contribution is 2.05. The van der Waals surface area contributed by atoms with Crippen LogP contribution in [0.2, 0.25) is 0 Å². The SMILES string of the molecule is CCNCCOCCOCCOC(C)(C)C. The van der Waals surface area contributed by atoms with Gasteiger partial charge in [0.25, 0.3) is 0 Å². The highest BCUT2D eigenvalue weighted by atomic mass is 16.5. The molecule has 0 unspecified atom stereocenters. The zero-order chi connectivity index (χ0) is 12.3. The lowest BCUT2D eigenvalue weighted by molar-refractivity contribution is -0.0422. The van der Waals surface area contributed by atoms with Gasteiger partial charge in [0.1, 0.15) is 0 Å². The summed E-state index contributed by atoms with van der Waals surface area (Å²) < 4.78 is 16.2. The van der Waals surface area contributed by atoms with Crippen molar-refractivity contribution in [2.45, 2.75) is 33.3 Å². The Labute approximate surface area is 99.6 Å². The maximum Gasteiger partial charge on any atom is 0.0707 e. The number of ether oxygens (including phenoxy) is 3. The van der Waals surface area contributed by atoms with Crippen LogP contribution in [0.3, 0.4) is 0 Å². The topological polar surface area (TPSA) is 39.7 Å². The lowest BCUT2D eigenvalue weighted by Gasteiger charge is -2.19. The molecule has 0 aliphatic carbocycles. The summed E-state index contributed by atoms with van der Waals surface area (Å²) in [6, 6.07) is 0. The van der Waals surface area contributed by atoms with Crippen LogP contribution in [-0.2, 0) is 14.2 Å². The van der Waals surface area contributed by atoms with Crippen LogP contribution in [0.4, 0.5) is 0 Å². The molecule has 0 heterocycles. The van der Waals surface area contributed by atoms with E-state index in [-0.39, 0.29) is 5.60 Å². The highest BCUT2D eigenvalue weighted by Gasteiger charge is 2.08. The van der Waals surface area contributed by atoms with Gasteiger partial charge in [-0.25, -0.2) is 0 Å². The highest BCUT2D eigenvalue weighted by molar-refractivity contribution is 4.57. The van der Waals surface area contributed by atoms with E-state index in [0.717, 1.165) is 19.7 Å². The third-order valence-corrected chi connectivity index (χ3v) is 1.81. The van der Waals surface area contributed by atoms with Gasteiger partial charge in [0, 0.05) is 6.54 Å². The largest absolute Gasteiger partial charge is 0.378 e. The fourth-order valence-electron chi connectivity index (χ4n) is 1.05. The first-order valence-electron chi connectivity index (χ1n) is 6.06. The van der Waals surface area contributed by atoms with Crippen molar-refractivity contribution in [3.05, 3.63) is 0 Å². The molecule has 0 aromatic heterocycles. The van der Waals surface area contributed by atoms with Crippen LogP contribution in [0.15, 0.2) is 0 Å². The summed E-state index contributed by atoms with van der Waals surface area (Å²) in [7, 11) is 0. The van der Waals surface area contributed by atoms with Crippen LogP contribution in [0.25, 0.3) is 0 Å². The van der Waals surface area contributed by atoms with Crippen LogP contribution < -0.4 is 5.32 Å². The Morgan fingerprint density at radius 1 is 0.875 bits per heavy atom. The van der Waals surface area contributed by atoms with E-state index in [1.807, 2.05) is 20.8 Å². The average molecular weight is 233 g/mol. The monoisotopic (exact) mass is 233 g/mol. The third kappa shape index (κ3) is 13.8. The second-order valence-electron chi connectivity index (χ2n) is 4.54. The minimum atomic E-state index is -0.0777. The van der Waals surface area contributed by atoms with Crippen molar-refractivity contribution in [3.63, 3.8) is 0 Å². The maximum absolute atomic E-state index is 5.51. The third-order valence-electron chi connectivity index (χ3n) is 1.81. The Bertz CT molecular complexity index is 146. The van der Waals surface area contributed by atoms with E-state index in [2.05, 4.69) is 12.2 Å². The van der Waals surface area contributed by atoms with Gasteiger partial charge in [0.2, 0.25) is 0 Å². The van der Waals surface area contributed by atoms with Crippen LogP contribution in [-0.4, -0.2) is 51.7 Å². The molecule has 0 aliphatic heterocycles. The first kappa shape index (κ1) is 15.8. The van der Waals surface area contributed by atoms with Gasteiger partial charge in [-0.05, 0) is 27.3 Å². The molecule has 0 saturated heterocycles. The molecule has 0 aromatic rings. The number of hydrogen-bond donors (Lipinski definition) is 1. The van der Waals surface area contributed by atoms with Crippen LogP contribution in [0.1, 0.15) is 27.7 Å². The van der Waals surface area contributed by atoms with Gasteiger partial charge in [0.15, 0.2) is 0 Å². The number of hydrogen-bond acceptors (Lipinski definition) is 4. The summed E-state index contributed by atoms with van der Waals surface area (Å²) in [6.45, 7) is 13.4. The van der Waals surface area contributed by atoms with Gasteiger partial charge in [-0.1, -0.05) is 6.92 Å². The van der Waals surface area contributed by atoms with E-state index < -0.39 is 0 Å². The molecule has 0 atom stereocenters. The Balaban J connectivity index is 2.99. The smallest absolute Gasteiger partial charge is 0.0707 e. The van der Waals surface area contributed by atoms with E-state index in [1.54, 1.807) is 0 Å². The fourth-order valence-corrected chi connectivity index (χ4v) is 1.05. The summed E-state index contributed by atoms with van der Waals surface area (Å²) in [5.41, 5.74) is -0.0777. The maximum atomic E-state index is 5.51. The predicted octanol–water partition coefficient (Wildman–Crippen LogP) is 1.44. The predicted molar refractivity (Wildman–Crippen MR) is 65.9 cm³/mol. The Hall–Kier alpha value is -0.160. The molecular formula is C12H27NO3. The van der Waals surface area contributed by atoms with Gasteiger partial charge in [-0.2, -0.15) is 0 Å². The number of likely N-dealkylation sites (N-methyl/N-ethyl adjacent to an activating group) is 1. The van der Waals surface area contributed by atoms with E-state index in [4.69, 9.17) is 14.2 Å². The first-order valence-corrected chi connectivity index (χ1v) is 6.06. The van der Waals surface area contributed by atoms with E-state index >= 15 is 0 Å². The molecule has 4 nitrogen and oxygen atoms in total. The summed E-state index contributed by atoms with van der Waals surface area (Å²) >= 11 is 0. The van der Waals surface area contributed by atoms with Crippen molar-refractivity contribution < 1.29 is 14.2 Å². The molecule has 0 aliphatic rings. The van der Waals surface area contributed by atoms with Crippen LogP contribution in [0.5, 0.6) is 0 Å². The molecule has 98 valence electrons. The second kappa shape index (κ2) is 10.0. The quantitative estimate of drug-likeness (QED) is 0.580. The van der Waals surface area contributed by atoms with Gasteiger partial charge in [-0.15, -0.1) is 0 Å². The number of rotatable bonds is 10. The molecule has 0 aromatic carbocycles. The molecular weight excluding hydrogens is 206 g/mol.